The quantitative estimate of drug-likeness (QED) is 0.744. The molecule has 96 valence electrons. The molecule has 0 saturated heterocycles. The first-order valence-electron chi connectivity index (χ1n) is 5.65. The molecule has 0 spiro atoms. The second kappa shape index (κ2) is 3.91. The number of carboxylic acids is 1. The summed E-state index contributed by atoms with van der Waals surface area (Å²) in [6, 6.07) is 3.68. The van der Waals surface area contributed by atoms with Crippen LogP contribution in [0.2, 0.25) is 0 Å². The van der Waals surface area contributed by atoms with Crippen molar-refractivity contribution in [1.29, 1.82) is 0 Å². The Morgan fingerprint density at radius 3 is 2.58 bits per heavy atom. The number of aryl methyl sites for hydroxylation is 2. The highest BCUT2D eigenvalue weighted by molar-refractivity contribution is 5.87. The van der Waals surface area contributed by atoms with Crippen molar-refractivity contribution in [2.24, 2.45) is 7.05 Å². The van der Waals surface area contributed by atoms with E-state index in [0.717, 1.165) is 5.56 Å². The lowest BCUT2D eigenvalue weighted by Gasteiger charge is -1.99. The van der Waals surface area contributed by atoms with Gasteiger partial charge < -0.3 is 5.11 Å². The van der Waals surface area contributed by atoms with Crippen LogP contribution in [0, 0.1) is 6.92 Å². The number of hydrogen-bond donors (Lipinski definition) is 1. The standard InChI is InChI=1S/C12H11N5O2/c1-7-9(11(18)19)14-12-16(2)10(15-17(7)12)8-3-5-13-6-4-8/h3-6H,1-2H3,(H,18,19). The molecule has 0 aromatic carbocycles. The molecule has 7 nitrogen and oxygen atoms in total. The summed E-state index contributed by atoms with van der Waals surface area (Å²) in [5, 5.41) is 13.5. The molecule has 19 heavy (non-hydrogen) atoms. The minimum absolute atomic E-state index is 0.0272. The predicted octanol–water partition coefficient (Wildman–Crippen LogP) is 1.14. The third-order valence-corrected chi connectivity index (χ3v) is 3.02. The average molecular weight is 257 g/mol. The minimum atomic E-state index is -1.05. The number of hydrogen-bond acceptors (Lipinski definition) is 4. The Balaban J connectivity index is 2.26. The zero-order chi connectivity index (χ0) is 13.6. The molecule has 3 aromatic heterocycles. The highest BCUT2D eigenvalue weighted by atomic mass is 16.4. The highest BCUT2D eigenvalue weighted by Crippen LogP contribution is 2.20. The fraction of sp³-hybridized carbons (Fsp3) is 0.167. The summed E-state index contributed by atoms with van der Waals surface area (Å²) in [4.78, 5) is 19.1. The van der Waals surface area contributed by atoms with Crippen LogP contribution in [0.1, 0.15) is 16.2 Å². The normalized spacial score (nSPS) is 11.1. The highest BCUT2D eigenvalue weighted by Gasteiger charge is 2.20. The van der Waals surface area contributed by atoms with E-state index in [1.807, 2.05) is 12.1 Å². The van der Waals surface area contributed by atoms with Crippen LogP contribution >= 0.6 is 0 Å². The van der Waals surface area contributed by atoms with E-state index in [2.05, 4.69) is 15.1 Å². The zero-order valence-electron chi connectivity index (χ0n) is 10.4. The Morgan fingerprint density at radius 1 is 1.32 bits per heavy atom. The van der Waals surface area contributed by atoms with Crippen LogP contribution in [-0.2, 0) is 7.05 Å². The SMILES string of the molecule is Cc1c(C(=O)O)nc2n(C)c(-c3ccncc3)nn12. The number of rotatable bonds is 2. The minimum Gasteiger partial charge on any atom is -0.476 e. The van der Waals surface area contributed by atoms with E-state index in [9.17, 15) is 4.79 Å². The van der Waals surface area contributed by atoms with Crippen molar-refractivity contribution in [3.63, 3.8) is 0 Å². The summed E-state index contributed by atoms with van der Waals surface area (Å²) in [5.74, 6) is 0.167. The third kappa shape index (κ3) is 1.59. The smallest absolute Gasteiger partial charge is 0.356 e. The van der Waals surface area contributed by atoms with Gasteiger partial charge in [0.2, 0.25) is 5.78 Å². The molecule has 0 fully saturated rings. The molecule has 3 heterocycles. The first kappa shape index (κ1) is 11.4. The summed E-state index contributed by atoms with van der Waals surface area (Å²) < 4.78 is 3.30. The van der Waals surface area contributed by atoms with Crippen LogP contribution in [0.25, 0.3) is 17.2 Å². The first-order valence-corrected chi connectivity index (χ1v) is 5.65. The molecule has 1 N–H and O–H groups in total. The lowest BCUT2D eigenvalue weighted by molar-refractivity contribution is 0.0690. The van der Waals surface area contributed by atoms with Crippen LogP contribution in [0.5, 0.6) is 0 Å². The van der Waals surface area contributed by atoms with Gasteiger partial charge in [0.1, 0.15) is 0 Å². The molecule has 3 aromatic rings. The van der Waals surface area contributed by atoms with Gasteiger partial charge in [0.05, 0.1) is 5.69 Å². The third-order valence-electron chi connectivity index (χ3n) is 3.02. The lowest BCUT2D eigenvalue weighted by Crippen LogP contribution is -2.01. The van der Waals surface area contributed by atoms with Gasteiger partial charge in [-0.2, -0.15) is 0 Å². The predicted molar refractivity (Wildman–Crippen MR) is 66.9 cm³/mol. The van der Waals surface area contributed by atoms with Crippen molar-refractivity contribution in [1.82, 2.24) is 24.1 Å². The van der Waals surface area contributed by atoms with E-state index in [1.54, 1.807) is 35.4 Å². The number of imidazole rings is 1. The molecule has 0 aliphatic heterocycles. The molecule has 0 bridgehead atoms. The van der Waals surface area contributed by atoms with Crippen LogP contribution in [0.4, 0.5) is 0 Å². The molecule has 3 rings (SSSR count). The summed E-state index contributed by atoms with van der Waals surface area (Å²) in [6.45, 7) is 1.69. The van der Waals surface area contributed by atoms with Crippen LogP contribution in [0.3, 0.4) is 0 Å². The largest absolute Gasteiger partial charge is 0.476 e. The number of fused-ring (bicyclic) bond motifs is 1. The average Bonchev–Trinajstić information content (AvgIpc) is 2.90. The molecular weight excluding hydrogens is 246 g/mol. The zero-order valence-corrected chi connectivity index (χ0v) is 10.4. The summed E-state index contributed by atoms with van der Waals surface area (Å²) in [7, 11) is 1.80. The number of aromatic nitrogens is 5. The Hall–Kier alpha value is -2.70. The van der Waals surface area contributed by atoms with Gasteiger partial charge in [-0.3, -0.25) is 9.55 Å². The summed E-state index contributed by atoms with van der Waals surface area (Å²) >= 11 is 0. The Kier molecular flexibility index (Phi) is 2.34. The molecule has 0 saturated carbocycles. The lowest BCUT2D eigenvalue weighted by atomic mass is 10.2. The van der Waals surface area contributed by atoms with E-state index in [4.69, 9.17) is 5.11 Å². The number of aromatic carboxylic acids is 1. The van der Waals surface area contributed by atoms with Gasteiger partial charge in [0.15, 0.2) is 11.5 Å². The van der Waals surface area contributed by atoms with Crippen molar-refractivity contribution in [3.8, 4) is 11.4 Å². The molecule has 0 radical (unpaired) electrons. The molecule has 0 amide bonds. The maximum atomic E-state index is 11.0. The molecule has 0 unspecified atom stereocenters. The van der Waals surface area contributed by atoms with Crippen molar-refractivity contribution in [3.05, 3.63) is 35.9 Å². The maximum Gasteiger partial charge on any atom is 0.356 e. The van der Waals surface area contributed by atoms with Gasteiger partial charge in [-0.25, -0.2) is 14.3 Å². The van der Waals surface area contributed by atoms with Crippen molar-refractivity contribution in [2.45, 2.75) is 6.92 Å². The number of carboxylic acid groups (broad SMARTS) is 1. The molecule has 0 aliphatic rings. The Labute approximate surface area is 108 Å². The van der Waals surface area contributed by atoms with E-state index < -0.39 is 5.97 Å². The first-order chi connectivity index (χ1) is 9.09. The van der Waals surface area contributed by atoms with Gasteiger partial charge >= 0.3 is 5.97 Å². The second-order valence-corrected chi connectivity index (χ2v) is 4.18. The van der Waals surface area contributed by atoms with E-state index >= 15 is 0 Å². The maximum absolute atomic E-state index is 11.0. The monoisotopic (exact) mass is 257 g/mol. The summed E-state index contributed by atoms with van der Waals surface area (Å²) in [5.41, 5.74) is 1.44. The van der Waals surface area contributed by atoms with Crippen molar-refractivity contribution < 1.29 is 9.90 Å². The van der Waals surface area contributed by atoms with Gasteiger partial charge in [-0.05, 0) is 19.1 Å². The number of nitrogens with zero attached hydrogens (tertiary/aromatic N) is 5. The number of carbonyl (C=O) groups is 1. The summed E-state index contributed by atoms with van der Waals surface area (Å²) in [6.07, 6.45) is 3.37. The molecule has 0 aliphatic carbocycles. The van der Waals surface area contributed by atoms with Gasteiger partial charge in [-0.1, -0.05) is 0 Å². The second-order valence-electron chi connectivity index (χ2n) is 4.18. The van der Waals surface area contributed by atoms with Gasteiger partial charge in [0, 0.05) is 25.0 Å². The fourth-order valence-corrected chi connectivity index (χ4v) is 2.03. The van der Waals surface area contributed by atoms with Gasteiger partial charge in [0.25, 0.3) is 0 Å². The van der Waals surface area contributed by atoms with E-state index in [-0.39, 0.29) is 5.69 Å². The fourth-order valence-electron chi connectivity index (χ4n) is 2.03. The van der Waals surface area contributed by atoms with Crippen molar-refractivity contribution in [2.75, 3.05) is 0 Å². The van der Waals surface area contributed by atoms with Crippen LogP contribution < -0.4 is 0 Å². The van der Waals surface area contributed by atoms with Gasteiger partial charge in [-0.15, -0.1) is 5.10 Å². The Morgan fingerprint density at radius 2 is 2.00 bits per heavy atom. The molecule has 7 heteroatoms. The van der Waals surface area contributed by atoms with Crippen LogP contribution in [-0.4, -0.2) is 35.2 Å². The molecular formula is C12H11N5O2. The van der Waals surface area contributed by atoms with E-state index in [0.29, 0.717) is 17.3 Å². The molecule has 0 atom stereocenters. The van der Waals surface area contributed by atoms with E-state index in [1.165, 1.54) is 0 Å². The van der Waals surface area contributed by atoms with Crippen LogP contribution in [0.15, 0.2) is 24.5 Å². The van der Waals surface area contributed by atoms with Crippen molar-refractivity contribution >= 4 is 11.7 Å². The Bertz CT molecular complexity index is 772. The topological polar surface area (TPSA) is 85.3 Å². The number of pyridine rings is 1.